The summed E-state index contributed by atoms with van der Waals surface area (Å²) in [5.41, 5.74) is 2.88. The standard InChI is InChI=1S/C26H30N8O3/c27-15-26(7-8-26)16-37-25-32-22(23(35)30-13-18-3-2-12-36-18)31-24(33-25)34-10-5-17(6-11-34)21-19-4-1-9-28-20(19)14-29-21/h1,4,9,17-18H,2-3,5-8,10-14,16H2,(H,30,35). The van der Waals surface area contributed by atoms with E-state index < -0.39 is 5.41 Å². The van der Waals surface area contributed by atoms with Crippen molar-refractivity contribution < 1.29 is 14.3 Å². The first-order valence-electron chi connectivity index (χ1n) is 13.1. The van der Waals surface area contributed by atoms with E-state index in [1.54, 1.807) is 0 Å². The molecular weight excluding hydrogens is 472 g/mol. The molecule has 6 rings (SSSR count). The molecule has 0 bridgehead atoms. The zero-order valence-corrected chi connectivity index (χ0v) is 20.7. The van der Waals surface area contributed by atoms with Crippen molar-refractivity contribution in [2.45, 2.75) is 51.2 Å². The third-order valence-corrected chi connectivity index (χ3v) is 7.62. The minimum Gasteiger partial charge on any atom is -0.462 e. The number of nitrogens with zero attached hydrogens (tertiary/aromatic N) is 7. The molecule has 0 aromatic carbocycles. The number of pyridine rings is 1. The van der Waals surface area contributed by atoms with Crippen LogP contribution in [0.25, 0.3) is 0 Å². The van der Waals surface area contributed by atoms with Gasteiger partial charge in [-0.25, -0.2) is 0 Å². The number of piperidine rings is 1. The molecule has 1 N–H and O–H groups in total. The third kappa shape index (κ3) is 5.11. The van der Waals surface area contributed by atoms with E-state index in [9.17, 15) is 10.1 Å². The lowest BCUT2D eigenvalue weighted by Crippen LogP contribution is -2.38. The first-order chi connectivity index (χ1) is 18.1. The van der Waals surface area contributed by atoms with Crippen molar-refractivity contribution in [1.29, 1.82) is 5.26 Å². The van der Waals surface area contributed by atoms with Gasteiger partial charge in [0.1, 0.15) is 6.61 Å². The molecule has 11 heteroatoms. The van der Waals surface area contributed by atoms with Crippen LogP contribution in [0.2, 0.25) is 0 Å². The maximum absolute atomic E-state index is 12.9. The van der Waals surface area contributed by atoms with E-state index in [1.807, 2.05) is 12.3 Å². The average Bonchev–Trinajstić information content (AvgIpc) is 3.32. The van der Waals surface area contributed by atoms with Gasteiger partial charge >= 0.3 is 6.01 Å². The second kappa shape index (κ2) is 10.0. The second-order valence-electron chi connectivity index (χ2n) is 10.2. The molecule has 2 aromatic heterocycles. The Bertz CT molecular complexity index is 1240. The van der Waals surface area contributed by atoms with Gasteiger partial charge in [-0.2, -0.15) is 20.2 Å². The molecule has 11 nitrogen and oxygen atoms in total. The quantitative estimate of drug-likeness (QED) is 0.575. The molecule has 1 amide bonds. The SMILES string of the molecule is N#CC1(COc2nc(C(=O)NCC3CCCO3)nc(N3CCC(C4=NCc5ncccc54)CC3)n2)CC1. The average molecular weight is 503 g/mol. The maximum atomic E-state index is 12.9. The Hall–Kier alpha value is -3.65. The first-order valence-corrected chi connectivity index (χ1v) is 13.1. The van der Waals surface area contributed by atoms with E-state index in [4.69, 9.17) is 14.5 Å². The van der Waals surface area contributed by atoms with Crippen molar-refractivity contribution in [2.24, 2.45) is 16.3 Å². The van der Waals surface area contributed by atoms with E-state index in [0.29, 0.717) is 25.0 Å². The number of rotatable bonds is 8. The number of fused-ring (bicyclic) bond motifs is 1. The highest BCUT2D eigenvalue weighted by Crippen LogP contribution is 2.44. The summed E-state index contributed by atoms with van der Waals surface area (Å²) in [6.07, 6.45) is 7.15. The number of carbonyl (C=O) groups is 1. The highest BCUT2D eigenvalue weighted by molar-refractivity contribution is 6.04. The summed E-state index contributed by atoms with van der Waals surface area (Å²) in [6, 6.07) is 6.46. The van der Waals surface area contributed by atoms with Gasteiger partial charge in [0.2, 0.25) is 11.8 Å². The van der Waals surface area contributed by atoms with Gasteiger partial charge in [-0.15, -0.1) is 0 Å². The topological polar surface area (TPSA) is 139 Å². The van der Waals surface area contributed by atoms with Crippen LogP contribution in [0.4, 0.5) is 5.95 Å². The van der Waals surface area contributed by atoms with Crippen molar-refractivity contribution in [3.63, 3.8) is 0 Å². The van der Waals surface area contributed by atoms with Crippen LogP contribution in [0.1, 0.15) is 60.4 Å². The summed E-state index contributed by atoms with van der Waals surface area (Å²) in [6.45, 7) is 3.44. The Kier molecular flexibility index (Phi) is 6.42. The highest BCUT2D eigenvalue weighted by atomic mass is 16.5. The van der Waals surface area contributed by atoms with Gasteiger partial charge in [0.25, 0.3) is 5.91 Å². The minimum atomic E-state index is -0.472. The van der Waals surface area contributed by atoms with E-state index in [2.05, 4.69) is 42.3 Å². The van der Waals surface area contributed by atoms with Crippen molar-refractivity contribution >= 4 is 17.6 Å². The Morgan fingerprint density at radius 3 is 2.86 bits per heavy atom. The first kappa shape index (κ1) is 23.7. The van der Waals surface area contributed by atoms with E-state index in [0.717, 1.165) is 75.2 Å². The lowest BCUT2D eigenvalue weighted by molar-refractivity contribution is 0.0847. The monoisotopic (exact) mass is 502 g/mol. The van der Waals surface area contributed by atoms with Gasteiger partial charge in [0.05, 0.1) is 29.8 Å². The molecule has 1 unspecified atom stereocenters. The van der Waals surface area contributed by atoms with Crippen LogP contribution >= 0.6 is 0 Å². The predicted octanol–water partition coefficient (Wildman–Crippen LogP) is 2.08. The normalized spacial score (nSPS) is 22.2. The van der Waals surface area contributed by atoms with Gasteiger partial charge in [-0.05, 0) is 50.7 Å². The van der Waals surface area contributed by atoms with E-state index in [1.165, 1.54) is 0 Å². The number of anilines is 1. The van der Waals surface area contributed by atoms with Crippen molar-refractivity contribution in [2.75, 3.05) is 37.7 Å². The molecule has 5 heterocycles. The number of nitriles is 1. The Morgan fingerprint density at radius 1 is 1.24 bits per heavy atom. The van der Waals surface area contributed by atoms with Crippen LogP contribution < -0.4 is 15.0 Å². The molecule has 3 aliphatic heterocycles. The molecule has 4 aliphatic rings. The zero-order valence-electron chi connectivity index (χ0n) is 20.7. The van der Waals surface area contributed by atoms with Crippen molar-refractivity contribution in [3.8, 4) is 12.1 Å². The van der Waals surface area contributed by atoms with Crippen LogP contribution in [0.5, 0.6) is 6.01 Å². The van der Waals surface area contributed by atoms with Crippen LogP contribution in [-0.2, 0) is 11.3 Å². The van der Waals surface area contributed by atoms with Gasteiger partial charge in [-0.1, -0.05) is 0 Å². The molecule has 1 aliphatic carbocycles. The number of nitrogens with one attached hydrogen (secondary N) is 1. The fraction of sp³-hybridized carbons (Fsp3) is 0.577. The molecule has 1 atom stereocenters. The third-order valence-electron chi connectivity index (χ3n) is 7.62. The van der Waals surface area contributed by atoms with Crippen LogP contribution in [0.3, 0.4) is 0 Å². The Balaban J connectivity index is 1.16. The molecule has 192 valence electrons. The maximum Gasteiger partial charge on any atom is 0.322 e. The number of aliphatic imine (C=N–C) groups is 1. The number of amides is 1. The number of aromatic nitrogens is 4. The molecule has 3 fully saturated rings. The summed E-state index contributed by atoms with van der Waals surface area (Å²) >= 11 is 0. The summed E-state index contributed by atoms with van der Waals surface area (Å²) < 4.78 is 11.4. The zero-order chi connectivity index (χ0) is 25.2. The van der Waals surface area contributed by atoms with E-state index in [-0.39, 0.29) is 30.5 Å². The van der Waals surface area contributed by atoms with Gasteiger partial charge in [0.15, 0.2) is 0 Å². The molecule has 37 heavy (non-hydrogen) atoms. The van der Waals surface area contributed by atoms with Gasteiger partial charge in [0, 0.05) is 49.6 Å². The fourth-order valence-corrected chi connectivity index (χ4v) is 5.13. The van der Waals surface area contributed by atoms with E-state index >= 15 is 0 Å². The Morgan fingerprint density at radius 2 is 2.11 bits per heavy atom. The van der Waals surface area contributed by atoms with Crippen molar-refractivity contribution in [3.05, 3.63) is 35.4 Å². The van der Waals surface area contributed by atoms with Crippen LogP contribution in [-0.4, -0.2) is 70.5 Å². The summed E-state index contributed by atoms with van der Waals surface area (Å²) in [5.74, 6) is 0.397. The van der Waals surface area contributed by atoms with Gasteiger partial charge in [-0.3, -0.25) is 14.8 Å². The largest absolute Gasteiger partial charge is 0.462 e. The molecular formula is C26H30N8O3. The molecule has 2 aromatic rings. The lowest BCUT2D eigenvalue weighted by Gasteiger charge is -2.32. The summed E-state index contributed by atoms with van der Waals surface area (Å²) in [5, 5.41) is 12.3. The predicted molar refractivity (Wildman–Crippen MR) is 133 cm³/mol. The highest BCUT2D eigenvalue weighted by Gasteiger charge is 2.44. The molecule has 2 saturated heterocycles. The fourth-order valence-electron chi connectivity index (χ4n) is 5.13. The number of ether oxygens (including phenoxy) is 2. The van der Waals surface area contributed by atoms with Crippen molar-refractivity contribution in [1.82, 2.24) is 25.3 Å². The lowest BCUT2D eigenvalue weighted by atomic mass is 9.88. The number of hydrogen-bond donors (Lipinski definition) is 1. The molecule has 1 saturated carbocycles. The summed E-state index contributed by atoms with van der Waals surface area (Å²) in [4.78, 5) is 37.6. The van der Waals surface area contributed by atoms with Gasteiger partial charge < -0.3 is 19.7 Å². The van der Waals surface area contributed by atoms with Crippen LogP contribution in [0.15, 0.2) is 23.3 Å². The number of hydrogen-bond acceptors (Lipinski definition) is 10. The minimum absolute atomic E-state index is 0.0158. The second-order valence-corrected chi connectivity index (χ2v) is 10.2. The Labute approximate surface area is 215 Å². The summed E-state index contributed by atoms with van der Waals surface area (Å²) in [7, 11) is 0. The van der Waals surface area contributed by atoms with Crippen LogP contribution in [0, 0.1) is 22.7 Å². The smallest absolute Gasteiger partial charge is 0.322 e. The molecule has 0 spiro atoms. The molecule has 0 radical (unpaired) electrons. The number of carbonyl (C=O) groups excluding carboxylic acids is 1.